The maximum absolute atomic E-state index is 12.2. The van der Waals surface area contributed by atoms with Gasteiger partial charge in [-0.2, -0.15) is 0 Å². The summed E-state index contributed by atoms with van der Waals surface area (Å²) in [5.74, 6) is -0.108. The smallest absolute Gasteiger partial charge is 0.306 e. The number of amides is 1. The topological polar surface area (TPSA) is 94.3 Å². The molecule has 0 aromatic carbocycles. The monoisotopic (exact) mass is 339 g/mol. The number of aromatic nitrogens is 1. The average Bonchev–Trinajstić information content (AvgIpc) is 2.93. The molecule has 7 heteroatoms. The van der Waals surface area contributed by atoms with Gasteiger partial charge in [0.05, 0.1) is 6.42 Å². The fourth-order valence-electron chi connectivity index (χ4n) is 2.80. The van der Waals surface area contributed by atoms with Gasteiger partial charge in [0, 0.05) is 17.1 Å². The summed E-state index contributed by atoms with van der Waals surface area (Å²) < 4.78 is 5.22. The van der Waals surface area contributed by atoms with Gasteiger partial charge in [-0.15, -0.1) is 11.3 Å². The Labute approximate surface area is 140 Å². The van der Waals surface area contributed by atoms with Gasteiger partial charge in [-0.25, -0.2) is 4.98 Å². The zero-order valence-electron chi connectivity index (χ0n) is 13.7. The summed E-state index contributed by atoms with van der Waals surface area (Å²) in [5.41, 5.74) is 5.54. The second-order valence-electron chi connectivity index (χ2n) is 6.17. The molecule has 1 amide bonds. The van der Waals surface area contributed by atoms with Crippen LogP contribution < -0.4 is 11.1 Å². The number of hydrogen-bond acceptors (Lipinski definition) is 6. The number of nitrogens with zero attached hydrogens (tertiary/aromatic N) is 1. The summed E-state index contributed by atoms with van der Waals surface area (Å²) in [4.78, 5) is 28.9. The summed E-state index contributed by atoms with van der Waals surface area (Å²) in [6.45, 7) is 3.77. The molecule has 2 rings (SSSR count). The first kappa shape index (κ1) is 17.7. The number of ether oxygens (including phenoxy) is 1. The van der Waals surface area contributed by atoms with Crippen molar-refractivity contribution in [3.05, 3.63) is 11.1 Å². The Balaban J connectivity index is 1.72. The number of anilines is 1. The summed E-state index contributed by atoms with van der Waals surface area (Å²) in [5, 5.41) is 3.50. The fraction of sp³-hybridized carbons (Fsp3) is 0.688. The van der Waals surface area contributed by atoms with Crippen molar-refractivity contribution in [2.45, 2.75) is 64.5 Å². The molecule has 1 aliphatic carbocycles. The van der Waals surface area contributed by atoms with Gasteiger partial charge in [0.1, 0.15) is 0 Å². The zero-order chi connectivity index (χ0) is 16.8. The predicted octanol–water partition coefficient (Wildman–Crippen LogP) is 2.28. The maximum atomic E-state index is 12.2. The van der Waals surface area contributed by atoms with Gasteiger partial charge in [0.25, 0.3) is 5.91 Å². The first-order chi connectivity index (χ1) is 11.0. The van der Waals surface area contributed by atoms with E-state index in [1.807, 2.05) is 0 Å². The number of thiazole rings is 1. The molecule has 0 bridgehead atoms. The lowest BCUT2D eigenvalue weighted by Gasteiger charge is -2.30. The van der Waals surface area contributed by atoms with Crippen molar-refractivity contribution in [2.24, 2.45) is 5.92 Å². The van der Waals surface area contributed by atoms with Crippen molar-refractivity contribution in [1.82, 2.24) is 10.3 Å². The lowest BCUT2D eigenvalue weighted by atomic mass is 9.86. The molecule has 128 valence electrons. The Morgan fingerprint density at radius 3 is 2.87 bits per heavy atom. The number of carbonyl (C=O) groups is 2. The molecule has 0 radical (unpaired) electrons. The number of aryl methyl sites for hydroxylation is 1. The largest absolute Gasteiger partial charge is 0.453 e. The van der Waals surface area contributed by atoms with Gasteiger partial charge in [-0.05, 0) is 32.1 Å². The molecular weight excluding hydrogens is 314 g/mol. The molecule has 0 saturated heterocycles. The molecule has 3 N–H and O–H groups in total. The average molecular weight is 339 g/mol. The molecular formula is C16H25N3O3S. The van der Waals surface area contributed by atoms with Gasteiger partial charge < -0.3 is 15.8 Å². The number of esters is 1. The fourth-order valence-corrected chi connectivity index (χ4v) is 3.49. The first-order valence-electron chi connectivity index (χ1n) is 8.15. The second-order valence-corrected chi connectivity index (χ2v) is 7.32. The molecule has 6 nitrogen and oxygen atoms in total. The number of nitrogens with one attached hydrogen (secondary N) is 1. The van der Waals surface area contributed by atoms with Crippen LogP contribution in [0.4, 0.5) is 5.13 Å². The standard InChI is InChI=1S/C16H25N3O3S/c1-10-5-3-4-6-13(10)19-15(21)11(2)22-14(20)8-7-12-9-18-16(17)23-12/h9-11,13H,3-8H2,1-2H3,(H2,17,18)(H,19,21)/t10-,11-,13+/m0/s1. The number of rotatable bonds is 6. The molecule has 0 aliphatic heterocycles. The van der Waals surface area contributed by atoms with Crippen LogP contribution in [-0.4, -0.2) is 29.0 Å². The van der Waals surface area contributed by atoms with Crippen LogP contribution in [0.25, 0.3) is 0 Å². The van der Waals surface area contributed by atoms with Crippen molar-refractivity contribution in [2.75, 3.05) is 5.73 Å². The molecule has 1 heterocycles. The summed E-state index contributed by atoms with van der Waals surface area (Å²) in [7, 11) is 0. The third-order valence-electron chi connectivity index (χ3n) is 4.26. The summed E-state index contributed by atoms with van der Waals surface area (Å²) >= 11 is 1.36. The summed E-state index contributed by atoms with van der Waals surface area (Å²) in [6, 6.07) is 0.192. The van der Waals surface area contributed by atoms with Crippen molar-refractivity contribution >= 4 is 28.3 Å². The molecule has 1 saturated carbocycles. The molecule has 3 atom stereocenters. The van der Waals surface area contributed by atoms with Crippen LogP contribution in [0.2, 0.25) is 0 Å². The third kappa shape index (κ3) is 5.49. The van der Waals surface area contributed by atoms with E-state index in [0.717, 1.165) is 24.1 Å². The zero-order valence-corrected chi connectivity index (χ0v) is 14.5. The van der Waals surface area contributed by atoms with Gasteiger partial charge in [-0.1, -0.05) is 19.8 Å². The van der Waals surface area contributed by atoms with Crippen LogP contribution >= 0.6 is 11.3 Å². The molecule has 23 heavy (non-hydrogen) atoms. The Morgan fingerprint density at radius 2 is 2.22 bits per heavy atom. The molecule has 1 fully saturated rings. The number of hydrogen-bond donors (Lipinski definition) is 2. The Bertz CT molecular complexity index is 546. The SMILES string of the molecule is C[C@H](OC(=O)CCc1cnc(N)s1)C(=O)N[C@@H]1CCCC[C@@H]1C. The minimum Gasteiger partial charge on any atom is -0.453 e. The van der Waals surface area contributed by atoms with E-state index in [-0.39, 0.29) is 24.3 Å². The van der Waals surface area contributed by atoms with E-state index in [1.54, 1.807) is 13.1 Å². The molecule has 1 aliphatic rings. The minimum atomic E-state index is -0.761. The van der Waals surface area contributed by atoms with Crippen LogP contribution in [0.3, 0.4) is 0 Å². The normalized spacial score (nSPS) is 22.3. The number of carbonyl (C=O) groups excluding carboxylic acids is 2. The molecule has 1 aromatic heterocycles. The van der Waals surface area contributed by atoms with Crippen molar-refractivity contribution in [3.63, 3.8) is 0 Å². The van der Waals surface area contributed by atoms with Crippen LogP contribution in [0.15, 0.2) is 6.20 Å². The van der Waals surface area contributed by atoms with Gasteiger partial charge in [-0.3, -0.25) is 9.59 Å². The molecule has 1 aromatic rings. The lowest BCUT2D eigenvalue weighted by Crippen LogP contribution is -2.46. The maximum Gasteiger partial charge on any atom is 0.306 e. The summed E-state index contributed by atoms with van der Waals surface area (Å²) in [6.07, 6.45) is 6.15. The van der Waals surface area contributed by atoms with Crippen LogP contribution in [0, 0.1) is 5.92 Å². The molecule has 0 spiro atoms. The number of nitrogens with two attached hydrogens (primary N) is 1. The van der Waals surface area contributed by atoms with E-state index in [4.69, 9.17) is 10.5 Å². The predicted molar refractivity (Wildman–Crippen MR) is 90.0 cm³/mol. The number of nitrogen functional groups attached to an aromatic ring is 1. The van der Waals surface area contributed by atoms with Gasteiger partial charge in [0.2, 0.25) is 0 Å². The van der Waals surface area contributed by atoms with Gasteiger partial charge in [0.15, 0.2) is 11.2 Å². The van der Waals surface area contributed by atoms with E-state index in [9.17, 15) is 9.59 Å². The Kier molecular flexibility index (Phi) is 6.38. The molecule has 0 unspecified atom stereocenters. The lowest BCUT2D eigenvalue weighted by molar-refractivity contribution is -0.155. The van der Waals surface area contributed by atoms with E-state index in [2.05, 4.69) is 17.2 Å². The van der Waals surface area contributed by atoms with E-state index < -0.39 is 6.10 Å². The van der Waals surface area contributed by atoms with Crippen molar-refractivity contribution < 1.29 is 14.3 Å². The third-order valence-corrected chi connectivity index (χ3v) is 5.15. The Hall–Kier alpha value is -1.63. The van der Waals surface area contributed by atoms with E-state index in [1.165, 1.54) is 17.8 Å². The highest BCUT2D eigenvalue weighted by atomic mass is 32.1. The second kappa shape index (κ2) is 8.29. The highest BCUT2D eigenvalue weighted by Crippen LogP contribution is 2.23. The van der Waals surface area contributed by atoms with Crippen LogP contribution in [0.1, 0.15) is 50.8 Å². The van der Waals surface area contributed by atoms with Crippen molar-refractivity contribution in [1.29, 1.82) is 0 Å². The van der Waals surface area contributed by atoms with Crippen LogP contribution in [0.5, 0.6) is 0 Å². The van der Waals surface area contributed by atoms with Gasteiger partial charge >= 0.3 is 5.97 Å². The highest BCUT2D eigenvalue weighted by molar-refractivity contribution is 7.15. The first-order valence-corrected chi connectivity index (χ1v) is 8.97. The van der Waals surface area contributed by atoms with Crippen molar-refractivity contribution in [3.8, 4) is 0 Å². The van der Waals surface area contributed by atoms with E-state index in [0.29, 0.717) is 17.5 Å². The minimum absolute atomic E-state index is 0.192. The Morgan fingerprint density at radius 1 is 1.48 bits per heavy atom. The van der Waals surface area contributed by atoms with E-state index >= 15 is 0 Å². The quantitative estimate of drug-likeness (QED) is 0.776. The van der Waals surface area contributed by atoms with Crippen LogP contribution in [-0.2, 0) is 20.7 Å². The highest BCUT2D eigenvalue weighted by Gasteiger charge is 2.26.